The van der Waals surface area contributed by atoms with Crippen LogP contribution in [0.3, 0.4) is 0 Å². The zero-order valence-corrected chi connectivity index (χ0v) is 14.1. The minimum absolute atomic E-state index is 0.130. The smallest absolute Gasteiger partial charge is 0.226 e. The van der Waals surface area contributed by atoms with E-state index in [-0.39, 0.29) is 18.0 Å². The van der Waals surface area contributed by atoms with Gasteiger partial charge in [0.25, 0.3) is 0 Å². The van der Waals surface area contributed by atoms with E-state index in [0.29, 0.717) is 11.2 Å². The Kier molecular flexibility index (Phi) is 5.09. The number of hydrogen-bond donors (Lipinski definition) is 1. The van der Waals surface area contributed by atoms with E-state index in [1.54, 1.807) is 0 Å². The molecule has 1 heterocycles. The fourth-order valence-electron chi connectivity index (χ4n) is 3.86. The Bertz CT molecular complexity index is 507. The summed E-state index contributed by atoms with van der Waals surface area (Å²) >= 11 is 1.97. The van der Waals surface area contributed by atoms with Crippen molar-refractivity contribution in [3.8, 4) is 0 Å². The van der Waals surface area contributed by atoms with Gasteiger partial charge in [-0.05, 0) is 24.8 Å². The van der Waals surface area contributed by atoms with Gasteiger partial charge in [0.15, 0.2) is 0 Å². The largest absolute Gasteiger partial charge is 0.333 e. The van der Waals surface area contributed by atoms with Gasteiger partial charge in [0, 0.05) is 29.5 Å². The van der Waals surface area contributed by atoms with Crippen LogP contribution in [0.5, 0.6) is 0 Å². The molecule has 3 nitrogen and oxygen atoms in total. The molecule has 0 spiro atoms. The summed E-state index contributed by atoms with van der Waals surface area (Å²) in [7, 11) is 0. The Morgan fingerprint density at radius 3 is 2.77 bits per heavy atom. The van der Waals surface area contributed by atoms with E-state index >= 15 is 0 Å². The summed E-state index contributed by atoms with van der Waals surface area (Å²) in [4.78, 5) is 15.2. The maximum atomic E-state index is 13.1. The molecule has 2 N–H and O–H groups in total. The van der Waals surface area contributed by atoms with E-state index < -0.39 is 0 Å². The van der Waals surface area contributed by atoms with Crippen LogP contribution < -0.4 is 5.73 Å². The van der Waals surface area contributed by atoms with Gasteiger partial charge in [-0.2, -0.15) is 11.8 Å². The first kappa shape index (κ1) is 15.9. The summed E-state index contributed by atoms with van der Waals surface area (Å²) in [5.74, 6) is 1.50. The highest BCUT2D eigenvalue weighted by Gasteiger charge is 2.37. The van der Waals surface area contributed by atoms with Crippen molar-refractivity contribution < 1.29 is 4.79 Å². The summed E-state index contributed by atoms with van der Waals surface area (Å²) in [6.45, 7) is 3.10. The van der Waals surface area contributed by atoms with Gasteiger partial charge in [-0.25, -0.2) is 0 Å². The Morgan fingerprint density at radius 2 is 2.05 bits per heavy atom. The lowest BCUT2D eigenvalue weighted by molar-refractivity contribution is -0.139. The standard InChI is InChI=1S/C18H26N2OS/c1-13-17(14-6-3-2-4-7-14)20(10-11-22-13)18(21)15-8-5-9-16(19)12-15/h2-4,6-7,13,15-17H,5,8-12,19H2,1H3. The molecule has 2 aliphatic rings. The van der Waals surface area contributed by atoms with Crippen LogP contribution in [0.2, 0.25) is 0 Å². The number of thioether (sulfide) groups is 1. The average Bonchev–Trinajstić information content (AvgIpc) is 2.55. The Hall–Kier alpha value is -1.00. The van der Waals surface area contributed by atoms with Gasteiger partial charge in [0.05, 0.1) is 6.04 Å². The molecule has 0 aromatic heterocycles. The predicted octanol–water partition coefficient (Wildman–Crippen LogP) is 3.21. The van der Waals surface area contributed by atoms with Gasteiger partial charge in [0.2, 0.25) is 5.91 Å². The molecule has 1 saturated heterocycles. The van der Waals surface area contributed by atoms with Crippen molar-refractivity contribution in [3.63, 3.8) is 0 Å². The summed E-state index contributed by atoms with van der Waals surface area (Å²) in [6, 6.07) is 10.9. The van der Waals surface area contributed by atoms with Crippen LogP contribution in [-0.2, 0) is 4.79 Å². The lowest BCUT2D eigenvalue weighted by atomic mass is 9.84. The topological polar surface area (TPSA) is 46.3 Å². The van der Waals surface area contributed by atoms with Crippen molar-refractivity contribution >= 4 is 17.7 Å². The molecule has 4 atom stereocenters. The number of benzene rings is 1. The van der Waals surface area contributed by atoms with Crippen molar-refractivity contribution in [1.82, 2.24) is 4.90 Å². The normalized spacial score (nSPS) is 32.7. The van der Waals surface area contributed by atoms with Crippen molar-refractivity contribution in [2.75, 3.05) is 12.3 Å². The minimum Gasteiger partial charge on any atom is -0.333 e. The molecule has 3 rings (SSSR count). The third-order valence-corrected chi connectivity index (χ3v) is 6.18. The highest BCUT2D eigenvalue weighted by Crippen LogP contribution is 2.38. The fraction of sp³-hybridized carbons (Fsp3) is 0.611. The molecule has 120 valence electrons. The van der Waals surface area contributed by atoms with Gasteiger partial charge in [-0.15, -0.1) is 0 Å². The minimum atomic E-state index is 0.130. The maximum Gasteiger partial charge on any atom is 0.226 e. The lowest BCUT2D eigenvalue weighted by Gasteiger charge is -2.42. The van der Waals surface area contributed by atoms with Crippen LogP contribution in [0.15, 0.2) is 30.3 Å². The van der Waals surface area contributed by atoms with Crippen LogP contribution in [0, 0.1) is 5.92 Å². The maximum absolute atomic E-state index is 13.1. The van der Waals surface area contributed by atoms with Crippen molar-refractivity contribution in [3.05, 3.63) is 35.9 Å². The van der Waals surface area contributed by atoms with Crippen molar-refractivity contribution in [1.29, 1.82) is 0 Å². The Morgan fingerprint density at radius 1 is 1.27 bits per heavy atom. The van der Waals surface area contributed by atoms with E-state index in [0.717, 1.165) is 38.0 Å². The Balaban J connectivity index is 1.81. The number of nitrogens with two attached hydrogens (primary N) is 1. The molecule has 1 aromatic rings. The van der Waals surface area contributed by atoms with Gasteiger partial charge in [0.1, 0.15) is 0 Å². The molecule has 4 unspecified atom stereocenters. The molecule has 2 fully saturated rings. The summed E-state index contributed by atoms with van der Waals surface area (Å²) in [5.41, 5.74) is 7.35. The molecule has 0 radical (unpaired) electrons. The predicted molar refractivity (Wildman–Crippen MR) is 92.7 cm³/mol. The molecule has 1 aliphatic carbocycles. The third kappa shape index (κ3) is 3.33. The quantitative estimate of drug-likeness (QED) is 0.911. The van der Waals surface area contributed by atoms with E-state index in [4.69, 9.17) is 5.73 Å². The van der Waals surface area contributed by atoms with Crippen LogP contribution in [0.25, 0.3) is 0 Å². The lowest BCUT2D eigenvalue weighted by Crippen LogP contribution is -2.48. The molecule has 22 heavy (non-hydrogen) atoms. The van der Waals surface area contributed by atoms with Crippen LogP contribution in [0.1, 0.15) is 44.2 Å². The zero-order valence-electron chi connectivity index (χ0n) is 13.3. The molecule has 1 aliphatic heterocycles. The van der Waals surface area contributed by atoms with E-state index in [2.05, 4.69) is 36.1 Å². The van der Waals surface area contributed by atoms with E-state index in [1.807, 2.05) is 17.8 Å². The second kappa shape index (κ2) is 7.05. The Labute approximate surface area is 137 Å². The van der Waals surface area contributed by atoms with Gasteiger partial charge < -0.3 is 10.6 Å². The van der Waals surface area contributed by atoms with Crippen LogP contribution >= 0.6 is 11.8 Å². The number of rotatable bonds is 2. The van der Waals surface area contributed by atoms with Gasteiger partial charge in [-0.1, -0.05) is 43.7 Å². The number of hydrogen-bond acceptors (Lipinski definition) is 3. The number of nitrogens with zero attached hydrogens (tertiary/aromatic N) is 1. The van der Waals surface area contributed by atoms with Crippen LogP contribution in [-0.4, -0.2) is 34.4 Å². The van der Waals surface area contributed by atoms with Crippen LogP contribution in [0.4, 0.5) is 0 Å². The summed E-state index contributed by atoms with van der Waals surface area (Å²) in [5, 5.41) is 0.442. The van der Waals surface area contributed by atoms with Gasteiger partial charge in [-0.3, -0.25) is 4.79 Å². The SMILES string of the molecule is CC1SCCN(C(=O)C2CCCC(N)C2)C1c1ccccc1. The summed E-state index contributed by atoms with van der Waals surface area (Å²) < 4.78 is 0. The zero-order chi connectivity index (χ0) is 15.5. The summed E-state index contributed by atoms with van der Waals surface area (Å²) in [6.07, 6.45) is 4.02. The second-order valence-corrected chi connectivity index (χ2v) is 8.07. The van der Waals surface area contributed by atoms with Gasteiger partial charge >= 0.3 is 0 Å². The molecular weight excluding hydrogens is 292 g/mol. The van der Waals surface area contributed by atoms with Crippen molar-refractivity contribution in [2.45, 2.75) is 49.9 Å². The number of carbonyl (C=O) groups excluding carboxylic acids is 1. The fourth-order valence-corrected chi connectivity index (χ4v) is 5.02. The number of carbonyl (C=O) groups is 1. The van der Waals surface area contributed by atoms with Crippen molar-refractivity contribution in [2.24, 2.45) is 11.7 Å². The first-order valence-electron chi connectivity index (χ1n) is 8.39. The molecule has 4 heteroatoms. The highest BCUT2D eigenvalue weighted by molar-refractivity contribution is 8.00. The molecule has 1 saturated carbocycles. The van der Waals surface area contributed by atoms with E-state index in [1.165, 1.54) is 5.56 Å². The first-order valence-corrected chi connectivity index (χ1v) is 9.44. The molecular formula is C18H26N2OS. The average molecular weight is 318 g/mol. The highest BCUT2D eigenvalue weighted by atomic mass is 32.2. The second-order valence-electron chi connectivity index (χ2n) is 6.59. The first-order chi connectivity index (χ1) is 10.7. The third-order valence-electron chi connectivity index (χ3n) is 4.98. The molecule has 1 amide bonds. The van der Waals surface area contributed by atoms with E-state index in [9.17, 15) is 4.79 Å². The molecule has 0 bridgehead atoms. The number of amides is 1. The monoisotopic (exact) mass is 318 g/mol. The molecule has 1 aromatic carbocycles.